The Kier molecular flexibility index (Phi) is 4.58. The molecule has 2 rings (SSSR count). The van der Waals surface area contributed by atoms with E-state index in [9.17, 15) is 0 Å². The number of hydrogen-bond donors (Lipinski definition) is 1. The average molecular weight is 253 g/mol. The minimum absolute atomic E-state index is 0.0489. The van der Waals surface area contributed by atoms with Crippen LogP contribution in [0.3, 0.4) is 0 Å². The van der Waals surface area contributed by atoms with Gasteiger partial charge in [-0.15, -0.1) is 0 Å². The molecule has 1 aliphatic rings. The molecule has 1 saturated heterocycles. The zero-order valence-electron chi connectivity index (χ0n) is 10.8. The summed E-state index contributed by atoms with van der Waals surface area (Å²) in [6, 6.07) is 0. The van der Waals surface area contributed by atoms with Gasteiger partial charge in [0.15, 0.2) is 5.82 Å². The first-order valence-electron chi connectivity index (χ1n) is 6.22. The summed E-state index contributed by atoms with van der Waals surface area (Å²) in [6.07, 6.45) is 3.42. The molecule has 1 N–H and O–H groups in total. The number of methoxy groups -OCH3 is 1. The first-order chi connectivity index (χ1) is 8.85. The van der Waals surface area contributed by atoms with Gasteiger partial charge >= 0.3 is 0 Å². The number of nitrogens with one attached hydrogen (secondary N) is 1. The smallest absolute Gasteiger partial charge is 0.262 e. The minimum atomic E-state index is 0.0489. The van der Waals surface area contributed by atoms with Gasteiger partial charge in [-0.1, -0.05) is 6.92 Å². The van der Waals surface area contributed by atoms with E-state index in [1.54, 1.807) is 7.11 Å². The van der Waals surface area contributed by atoms with Crippen LogP contribution in [0.5, 0.6) is 11.6 Å². The van der Waals surface area contributed by atoms with Gasteiger partial charge in [0.2, 0.25) is 5.75 Å². The Morgan fingerprint density at radius 2 is 2.39 bits per heavy atom. The monoisotopic (exact) mass is 253 g/mol. The summed E-state index contributed by atoms with van der Waals surface area (Å²) in [5, 5.41) is 3.19. The van der Waals surface area contributed by atoms with Crippen LogP contribution >= 0.6 is 0 Å². The molecule has 1 unspecified atom stereocenters. The maximum absolute atomic E-state index is 5.78. The molecule has 0 spiro atoms. The maximum Gasteiger partial charge on any atom is 0.262 e. The van der Waals surface area contributed by atoms with Gasteiger partial charge in [0.1, 0.15) is 12.4 Å². The molecular formula is C12H19N3O3. The molecule has 0 radical (unpaired) electrons. The van der Waals surface area contributed by atoms with Gasteiger partial charge in [0.25, 0.3) is 5.88 Å². The molecule has 0 aromatic carbocycles. The number of aromatic nitrogens is 2. The van der Waals surface area contributed by atoms with Gasteiger partial charge in [0, 0.05) is 13.0 Å². The molecule has 1 aromatic rings. The van der Waals surface area contributed by atoms with E-state index in [4.69, 9.17) is 14.2 Å². The Balaban J connectivity index is 2.12. The molecule has 0 aliphatic carbocycles. The molecular weight excluding hydrogens is 234 g/mol. The largest absolute Gasteiger partial charge is 0.489 e. The fourth-order valence-corrected chi connectivity index (χ4v) is 1.76. The molecule has 18 heavy (non-hydrogen) atoms. The van der Waals surface area contributed by atoms with Crippen molar-refractivity contribution in [1.29, 1.82) is 0 Å². The normalized spacial score (nSPS) is 18.7. The van der Waals surface area contributed by atoms with Gasteiger partial charge in [-0.2, -0.15) is 4.98 Å². The van der Waals surface area contributed by atoms with Crippen molar-refractivity contribution in [3.05, 3.63) is 6.33 Å². The second-order valence-corrected chi connectivity index (χ2v) is 4.09. The summed E-state index contributed by atoms with van der Waals surface area (Å²) in [5.74, 6) is 1.70. The van der Waals surface area contributed by atoms with Gasteiger partial charge < -0.3 is 19.5 Å². The van der Waals surface area contributed by atoms with E-state index < -0.39 is 0 Å². The van der Waals surface area contributed by atoms with E-state index in [0.717, 1.165) is 26.0 Å². The van der Waals surface area contributed by atoms with E-state index in [1.165, 1.54) is 6.33 Å². The highest BCUT2D eigenvalue weighted by molar-refractivity contribution is 5.55. The lowest BCUT2D eigenvalue weighted by Crippen LogP contribution is -2.17. The van der Waals surface area contributed by atoms with Crippen molar-refractivity contribution in [2.45, 2.75) is 25.9 Å². The summed E-state index contributed by atoms with van der Waals surface area (Å²) in [6.45, 7) is 4.26. The second-order valence-electron chi connectivity index (χ2n) is 4.09. The molecule has 6 heteroatoms. The van der Waals surface area contributed by atoms with Gasteiger partial charge in [-0.3, -0.25) is 0 Å². The third-order valence-electron chi connectivity index (χ3n) is 2.68. The van der Waals surface area contributed by atoms with Crippen LogP contribution in [-0.2, 0) is 4.74 Å². The Labute approximate surface area is 107 Å². The molecule has 1 fully saturated rings. The molecule has 6 nitrogen and oxygen atoms in total. The Hall–Kier alpha value is -1.56. The number of anilines is 1. The van der Waals surface area contributed by atoms with Crippen LogP contribution in [0.25, 0.3) is 0 Å². The predicted octanol–water partition coefficient (Wildman–Crippen LogP) is 1.47. The lowest BCUT2D eigenvalue weighted by Gasteiger charge is -2.15. The fourth-order valence-electron chi connectivity index (χ4n) is 1.76. The summed E-state index contributed by atoms with van der Waals surface area (Å²) in [4.78, 5) is 8.29. The zero-order chi connectivity index (χ0) is 12.8. The van der Waals surface area contributed by atoms with Crippen LogP contribution in [0.2, 0.25) is 0 Å². The standard InChI is InChI=1S/C12H19N3O3/c1-3-5-13-11-10(16-2)12(15-8-14-11)18-9-4-6-17-7-9/h8-9H,3-7H2,1-2H3,(H,13,14,15). The third kappa shape index (κ3) is 3.01. The molecule has 1 aromatic heterocycles. The van der Waals surface area contributed by atoms with Crippen LogP contribution in [0.1, 0.15) is 19.8 Å². The highest BCUT2D eigenvalue weighted by atomic mass is 16.6. The van der Waals surface area contributed by atoms with E-state index >= 15 is 0 Å². The predicted molar refractivity (Wildman–Crippen MR) is 67.2 cm³/mol. The summed E-state index contributed by atoms with van der Waals surface area (Å²) < 4.78 is 16.4. The Bertz CT molecular complexity index is 381. The zero-order valence-corrected chi connectivity index (χ0v) is 10.8. The van der Waals surface area contributed by atoms with Crippen molar-refractivity contribution >= 4 is 5.82 Å². The quantitative estimate of drug-likeness (QED) is 0.828. The van der Waals surface area contributed by atoms with Crippen molar-refractivity contribution < 1.29 is 14.2 Å². The molecule has 100 valence electrons. The number of nitrogens with zero attached hydrogens (tertiary/aromatic N) is 2. The minimum Gasteiger partial charge on any atom is -0.489 e. The molecule has 0 saturated carbocycles. The van der Waals surface area contributed by atoms with Crippen molar-refractivity contribution in [3.8, 4) is 11.6 Å². The lowest BCUT2D eigenvalue weighted by molar-refractivity contribution is 0.135. The molecule has 1 aliphatic heterocycles. The van der Waals surface area contributed by atoms with E-state index in [1.807, 2.05) is 0 Å². The van der Waals surface area contributed by atoms with Crippen molar-refractivity contribution in [2.24, 2.45) is 0 Å². The van der Waals surface area contributed by atoms with Gasteiger partial charge in [-0.05, 0) is 6.42 Å². The second kappa shape index (κ2) is 6.39. The molecule has 1 atom stereocenters. The summed E-state index contributed by atoms with van der Waals surface area (Å²) in [5.41, 5.74) is 0. The van der Waals surface area contributed by atoms with E-state index in [0.29, 0.717) is 24.1 Å². The van der Waals surface area contributed by atoms with Crippen LogP contribution in [-0.4, -0.2) is 42.9 Å². The fraction of sp³-hybridized carbons (Fsp3) is 0.667. The molecule has 0 amide bonds. The van der Waals surface area contributed by atoms with Crippen LogP contribution in [0.15, 0.2) is 6.33 Å². The van der Waals surface area contributed by atoms with Crippen molar-refractivity contribution in [1.82, 2.24) is 9.97 Å². The van der Waals surface area contributed by atoms with Crippen LogP contribution in [0, 0.1) is 0 Å². The molecule has 2 heterocycles. The Morgan fingerprint density at radius 3 is 3.06 bits per heavy atom. The van der Waals surface area contributed by atoms with E-state index in [-0.39, 0.29) is 6.10 Å². The summed E-state index contributed by atoms with van der Waals surface area (Å²) >= 11 is 0. The highest BCUT2D eigenvalue weighted by Crippen LogP contribution is 2.32. The average Bonchev–Trinajstić information content (AvgIpc) is 2.89. The van der Waals surface area contributed by atoms with Gasteiger partial charge in [0.05, 0.1) is 20.3 Å². The number of rotatable bonds is 6. The summed E-state index contributed by atoms with van der Waals surface area (Å²) in [7, 11) is 1.59. The Morgan fingerprint density at radius 1 is 1.50 bits per heavy atom. The highest BCUT2D eigenvalue weighted by Gasteiger charge is 2.21. The SMILES string of the molecule is CCCNc1ncnc(OC2CCOC2)c1OC. The number of hydrogen-bond acceptors (Lipinski definition) is 6. The third-order valence-corrected chi connectivity index (χ3v) is 2.68. The maximum atomic E-state index is 5.78. The first-order valence-corrected chi connectivity index (χ1v) is 6.22. The molecule has 0 bridgehead atoms. The number of ether oxygens (including phenoxy) is 3. The van der Waals surface area contributed by atoms with Gasteiger partial charge in [-0.25, -0.2) is 4.98 Å². The first kappa shape index (κ1) is 12.9. The lowest BCUT2D eigenvalue weighted by atomic mass is 10.3. The topological polar surface area (TPSA) is 65.5 Å². The van der Waals surface area contributed by atoms with Crippen molar-refractivity contribution in [2.75, 3.05) is 32.2 Å². The van der Waals surface area contributed by atoms with Crippen molar-refractivity contribution in [3.63, 3.8) is 0 Å². The van der Waals surface area contributed by atoms with Crippen LogP contribution in [0.4, 0.5) is 5.82 Å². The van der Waals surface area contributed by atoms with E-state index in [2.05, 4.69) is 22.2 Å². The van der Waals surface area contributed by atoms with Crippen LogP contribution < -0.4 is 14.8 Å².